The Morgan fingerprint density at radius 2 is 2.06 bits per heavy atom. The number of furan rings is 1. The summed E-state index contributed by atoms with van der Waals surface area (Å²) in [6.07, 6.45) is 1.49. The lowest BCUT2D eigenvalue weighted by atomic mass is 9.81. The Balaban J connectivity index is 2.75. The van der Waals surface area contributed by atoms with Crippen molar-refractivity contribution in [2.75, 3.05) is 6.54 Å². The van der Waals surface area contributed by atoms with Crippen molar-refractivity contribution in [3.05, 3.63) is 23.7 Å². The van der Waals surface area contributed by atoms with Crippen molar-refractivity contribution in [2.24, 2.45) is 11.1 Å². The molecule has 4 nitrogen and oxygen atoms in total. The van der Waals surface area contributed by atoms with E-state index in [4.69, 9.17) is 10.2 Å². The highest BCUT2D eigenvalue weighted by Gasteiger charge is 2.34. The van der Waals surface area contributed by atoms with E-state index in [1.54, 1.807) is 0 Å². The van der Waals surface area contributed by atoms with E-state index in [1.807, 2.05) is 39.8 Å². The number of hydrogen-bond acceptors (Lipinski definition) is 3. The predicted molar refractivity (Wildman–Crippen MR) is 72.1 cm³/mol. The molecule has 0 spiro atoms. The molecule has 1 aromatic heterocycles. The zero-order valence-corrected chi connectivity index (χ0v) is 11.7. The first-order valence-electron chi connectivity index (χ1n) is 6.56. The average molecular weight is 252 g/mol. The molecule has 0 aromatic carbocycles. The minimum Gasteiger partial charge on any atom is -0.464 e. The number of nitrogens with two attached hydrogens (primary N) is 1. The smallest absolute Gasteiger partial charge is 0.228 e. The van der Waals surface area contributed by atoms with Crippen LogP contribution in [0.2, 0.25) is 0 Å². The molecule has 1 aromatic rings. The van der Waals surface area contributed by atoms with Crippen LogP contribution in [-0.2, 0) is 4.79 Å². The summed E-state index contributed by atoms with van der Waals surface area (Å²) in [4.78, 5) is 12.3. The van der Waals surface area contributed by atoms with Crippen molar-refractivity contribution in [3.63, 3.8) is 0 Å². The first-order valence-corrected chi connectivity index (χ1v) is 6.56. The minimum absolute atomic E-state index is 0.0107. The fraction of sp³-hybridized carbons (Fsp3) is 0.643. The molecule has 1 heterocycles. The van der Waals surface area contributed by atoms with Gasteiger partial charge in [-0.05, 0) is 38.8 Å². The van der Waals surface area contributed by atoms with E-state index in [1.165, 1.54) is 0 Å². The predicted octanol–water partition coefficient (Wildman–Crippen LogP) is 2.53. The average Bonchev–Trinajstić information content (AvgIpc) is 2.79. The lowest BCUT2D eigenvalue weighted by molar-refractivity contribution is -0.131. The summed E-state index contributed by atoms with van der Waals surface area (Å²) in [5, 5.41) is 2.99. The van der Waals surface area contributed by atoms with E-state index >= 15 is 0 Å². The van der Waals surface area contributed by atoms with Gasteiger partial charge in [0, 0.05) is 6.54 Å². The molecule has 0 saturated heterocycles. The van der Waals surface area contributed by atoms with Crippen molar-refractivity contribution in [1.29, 1.82) is 0 Å². The lowest BCUT2D eigenvalue weighted by Crippen LogP contribution is -2.45. The maximum atomic E-state index is 12.3. The lowest BCUT2D eigenvalue weighted by Gasteiger charge is -2.29. The van der Waals surface area contributed by atoms with Gasteiger partial charge in [-0.15, -0.1) is 0 Å². The molecular formula is C14H24N2O2. The Morgan fingerprint density at radius 1 is 1.44 bits per heavy atom. The van der Waals surface area contributed by atoms with Gasteiger partial charge in [0.25, 0.3) is 0 Å². The van der Waals surface area contributed by atoms with E-state index in [2.05, 4.69) is 5.32 Å². The normalized spacial score (nSPS) is 13.4. The van der Waals surface area contributed by atoms with Gasteiger partial charge in [-0.3, -0.25) is 4.79 Å². The van der Waals surface area contributed by atoms with Gasteiger partial charge in [-0.2, -0.15) is 0 Å². The van der Waals surface area contributed by atoms with Crippen LogP contribution in [-0.4, -0.2) is 12.5 Å². The Kier molecular flexibility index (Phi) is 4.96. The molecule has 1 unspecified atom stereocenters. The monoisotopic (exact) mass is 252 g/mol. The summed E-state index contributed by atoms with van der Waals surface area (Å²) in [6.45, 7) is 8.17. The number of rotatable bonds is 6. The van der Waals surface area contributed by atoms with Crippen LogP contribution >= 0.6 is 0 Å². The van der Waals surface area contributed by atoms with Gasteiger partial charge in [-0.1, -0.05) is 13.8 Å². The summed E-state index contributed by atoms with van der Waals surface area (Å²) in [7, 11) is 0. The first-order chi connectivity index (χ1) is 8.49. The van der Waals surface area contributed by atoms with Crippen molar-refractivity contribution >= 4 is 5.91 Å². The highest BCUT2D eigenvalue weighted by atomic mass is 16.3. The van der Waals surface area contributed by atoms with Crippen LogP contribution < -0.4 is 11.1 Å². The molecule has 1 rings (SSSR count). The highest BCUT2D eigenvalue weighted by Crippen LogP contribution is 2.26. The topological polar surface area (TPSA) is 68.3 Å². The second-order valence-electron chi connectivity index (χ2n) is 4.84. The van der Waals surface area contributed by atoms with Crippen molar-refractivity contribution in [3.8, 4) is 0 Å². The standard InChI is InChI=1S/C14H24N2O2/c1-5-14(6-2,9-15)13(17)16-11(4)12-8-7-10(3)18-12/h7-8,11H,5-6,9,15H2,1-4H3,(H,16,17). The first kappa shape index (κ1) is 14.8. The Bertz CT molecular complexity index is 386. The quantitative estimate of drug-likeness (QED) is 0.817. The third-order valence-corrected chi connectivity index (χ3v) is 3.76. The molecule has 0 bridgehead atoms. The molecule has 18 heavy (non-hydrogen) atoms. The zero-order valence-electron chi connectivity index (χ0n) is 11.7. The zero-order chi connectivity index (χ0) is 13.8. The molecule has 0 fully saturated rings. The van der Waals surface area contributed by atoms with Crippen molar-refractivity contribution in [1.82, 2.24) is 5.32 Å². The van der Waals surface area contributed by atoms with Crippen LogP contribution in [0.15, 0.2) is 16.5 Å². The van der Waals surface area contributed by atoms with Gasteiger partial charge in [0.1, 0.15) is 11.5 Å². The van der Waals surface area contributed by atoms with E-state index in [-0.39, 0.29) is 11.9 Å². The van der Waals surface area contributed by atoms with E-state index in [0.29, 0.717) is 6.54 Å². The summed E-state index contributed by atoms with van der Waals surface area (Å²) in [5.74, 6) is 1.64. The molecule has 1 atom stereocenters. The maximum Gasteiger partial charge on any atom is 0.228 e. The van der Waals surface area contributed by atoms with Crippen LogP contribution in [0.25, 0.3) is 0 Å². The molecule has 0 saturated carbocycles. The fourth-order valence-corrected chi connectivity index (χ4v) is 2.06. The molecule has 102 valence electrons. The maximum absolute atomic E-state index is 12.3. The summed E-state index contributed by atoms with van der Waals surface area (Å²) < 4.78 is 5.51. The molecular weight excluding hydrogens is 228 g/mol. The molecule has 0 radical (unpaired) electrons. The Morgan fingerprint density at radius 3 is 2.44 bits per heavy atom. The third-order valence-electron chi connectivity index (χ3n) is 3.76. The van der Waals surface area contributed by atoms with E-state index in [9.17, 15) is 4.79 Å². The van der Waals surface area contributed by atoms with Gasteiger partial charge in [-0.25, -0.2) is 0 Å². The van der Waals surface area contributed by atoms with Crippen molar-refractivity contribution in [2.45, 2.75) is 46.6 Å². The van der Waals surface area contributed by atoms with Crippen LogP contribution in [0.1, 0.15) is 51.2 Å². The number of carbonyl (C=O) groups is 1. The SMILES string of the molecule is CCC(CC)(CN)C(=O)NC(C)c1ccc(C)o1. The summed E-state index contributed by atoms with van der Waals surface area (Å²) in [6, 6.07) is 3.66. The third kappa shape index (κ3) is 2.93. The fourth-order valence-electron chi connectivity index (χ4n) is 2.06. The van der Waals surface area contributed by atoms with E-state index < -0.39 is 5.41 Å². The largest absolute Gasteiger partial charge is 0.464 e. The Hall–Kier alpha value is -1.29. The number of nitrogens with one attached hydrogen (secondary N) is 1. The van der Waals surface area contributed by atoms with Gasteiger partial charge in [0.2, 0.25) is 5.91 Å². The second kappa shape index (κ2) is 6.05. The molecule has 0 aliphatic heterocycles. The molecule has 1 amide bonds. The van der Waals surface area contributed by atoms with Crippen LogP contribution in [0.4, 0.5) is 0 Å². The number of amides is 1. The summed E-state index contributed by atoms with van der Waals surface area (Å²) >= 11 is 0. The summed E-state index contributed by atoms with van der Waals surface area (Å²) in [5.41, 5.74) is 5.30. The molecule has 3 N–H and O–H groups in total. The number of carbonyl (C=O) groups excluding carboxylic acids is 1. The van der Waals surface area contributed by atoms with Crippen LogP contribution in [0.3, 0.4) is 0 Å². The number of hydrogen-bond donors (Lipinski definition) is 2. The molecule has 0 aliphatic rings. The second-order valence-corrected chi connectivity index (χ2v) is 4.84. The molecule has 0 aliphatic carbocycles. The van der Waals surface area contributed by atoms with Gasteiger partial charge in [0.15, 0.2) is 0 Å². The Labute approximate surface area is 109 Å². The van der Waals surface area contributed by atoms with Crippen LogP contribution in [0, 0.1) is 12.3 Å². The van der Waals surface area contributed by atoms with Gasteiger partial charge < -0.3 is 15.5 Å². The van der Waals surface area contributed by atoms with Gasteiger partial charge >= 0.3 is 0 Å². The van der Waals surface area contributed by atoms with E-state index in [0.717, 1.165) is 24.4 Å². The molecule has 4 heteroatoms. The minimum atomic E-state index is -0.462. The highest BCUT2D eigenvalue weighted by molar-refractivity contribution is 5.83. The van der Waals surface area contributed by atoms with Crippen LogP contribution in [0.5, 0.6) is 0 Å². The van der Waals surface area contributed by atoms with Gasteiger partial charge in [0.05, 0.1) is 11.5 Å². The number of aryl methyl sites for hydroxylation is 1. The van der Waals surface area contributed by atoms with Crippen molar-refractivity contribution < 1.29 is 9.21 Å².